The molecule has 0 amide bonds. The molecule has 0 unspecified atom stereocenters. The van der Waals surface area contributed by atoms with Crippen molar-refractivity contribution in [2.45, 2.75) is 45.8 Å². The van der Waals surface area contributed by atoms with E-state index in [9.17, 15) is 13.2 Å². The molecule has 28 heavy (non-hydrogen) atoms. The van der Waals surface area contributed by atoms with Gasteiger partial charge in [0.15, 0.2) is 5.96 Å². The van der Waals surface area contributed by atoms with Crippen molar-refractivity contribution in [1.82, 2.24) is 15.5 Å². The number of aryl methyl sites for hydroxylation is 1. The first-order chi connectivity index (χ1) is 12.9. The second-order valence-electron chi connectivity index (χ2n) is 7.22. The van der Waals surface area contributed by atoms with E-state index in [0.29, 0.717) is 25.0 Å². The molecule has 2 N–H and O–H groups in total. The number of nitrogens with zero attached hydrogens (tertiary/aromatic N) is 2. The van der Waals surface area contributed by atoms with Crippen molar-refractivity contribution >= 4 is 29.9 Å². The second-order valence-corrected chi connectivity index (χ2v) is 7.22. The molecule has 0 atom stereocenters. The van der Waals surface area contributed by atoms with Crippen molar-refractivity contribution in [2.24, 2.45) is 10.9 Å². The van der Waals surface area contributed by atoms with Crippen LogP contribution in [0.5, 0.6) is 0 Å². The topological polar surface area (TPSA) is 39.7 Å². The number of guanidine groups is 1. The molecule has 1 aliphatic rings. The van der Waals surface area contributed by atoms with Crippen LogP contribution in [0, 0.1) is 12.8 Å². The summed E-state index contributed by atoms with van der Waals surface area (Å²) in [7, 11) is 0. The van der Waals surface area contributed by atoms with Gasteiger partial charge in [0.1, 0.15) is 0 Å². The Morgan fingerprint density at radius 3 is 2.36 bits per heavy atom. The summed E-state index contributed by atoms with van der Waals surface area (Å²) in [5.41, 5.74) is 2.61. The predicted molar refractivity (Wildman–Crippen MR) is 119 cm³/mol. The standard InChI is InChI=1S/C20H31F3N4.HI/c1-3-24-19(25-11-10-20(21,22)23)26-14-17-8-12-27(13-9-17)15-18-6-4-16(2)5-7-18;/h4-7,17H,3,8-15H2,1-2H3,(H2,24,25,26);1H. The predicted octanol–water partition coefficient (Wildman–Crippen LogP) is 4.33. The fourth-order valence-electron chi connectivity index (χ4n) is 3.16. The minimum Gasteiger partial charge on any atom is -0.357 e. The molecule has 1 aliphatic heterocycles. The van der Waals surface area contributed by atoms with E-state index >= 15 is 0 Å². The van der Waals surface area contributed by atoms with Crippen LogP contribution < -0.4 is 10.6 Å². The maximum Gasteiger partial charge on any atom is 0.390 e. The Kier molecular flexibility index (Phi) is 11.2. The highest BCUT2D eigenvalue weighted by Gasteiger charge is 2.26. The van der Waals surface area contributed by atoms with E-state index in [2.05, 4.69) is 51.7 Å². The van der Waals surface area contributed by atoms with Crippen LogP contribution in [-0.4, -0.2) is 49.8 Å². The minimum absolute atomic E-state index is 0. The first-order valence-corrected chi connectivity index (χ1v) is 9.72. The van der Waals surface area contributed by atoms with Gasteiger partial charge in [-0.05, 0) is 51.3 Å². The van der Waals surface area contributed by atoms with Gasteiger partial charge in [-0.3, -0.25) is 9.89 Å². The number of hydrogen-bond donors (Lipinski definition) is 2. The lowest BCUT2D eigenvalue weighted by atomic mass is 9.96. The Labute approximate surface area is 183 Å². The number of likely N-dealkylation sites (tertiary alicyclic amines) is 1. The lowest BCUT2D eigenvalue weighted by Crippen LogP contribution is -2.40. The maximum atomic E-state index is 12.3. The van der Waals surface area contributed by atoms with Crippen LogP contribution in [0.4, 0.5) is 13.2 Å². The summed E-state index contributed by atoms with van der Waals surface area (Å²) < 4.78 is 36.8. The third-order valence-corrected chi connectivity index (χ3v) is 4.79. The van der Waals surface area contributed by atoms with Crippen LogP contribution >= 0.6 is 24.0 Å². The van der Waals surface area contributed by atoms with Crippen LogP contribution in [0.2, 0.25) is 0 Å². The van der Waals surface area contributed by atoms with Gasteiger partial charge in [0, 0.05) is 26.2 Å². The van der Waals surface area contributed by atoms with Gasteiger partial charge in [-0.15, -0.1) is 24.0 Å². The fraction of sp³-hybridized carbons (Fsp3) is 0.650. The van der Waals surface area contributed by atoms with E-state index in [4.69, 9.17) is 0 Å². The highest BCUT2D eigenvalue weighted by atomic mass is 127. The van der Waals surface area contributed by atoms with Crippen molar-refractivity contribution in [1.29, 1.82) is 0 Å². The van der Waals surface area contributed by atoms with Crippen LogP contribution in [-0.2, 0) is 6.54 Å². The number of hydrogen-bond acceptors (Lipinski definition) is 2. The van der Waals surface area contributed by atoms with Gasteiger partial charge in [-0.2, -0.15) is 13.2 Å². The van der Waals surface area contributed by atoms with Crippen LogP contribution in [0.3, 0.4) is 0 Å². The van der Waals surface area contributed by atoms with Gasteiger partial charge in [-0.1, -0.05) is 29.8 Å². The number of alkyl halides is 3. The largest absolute Gasteiger partial charge is 0.390 e. The monoisotopic (exact) mass is 512 g/mol. The normalized spacial score (nSPS) is 16.5. The number of halogens is 4. The summed E-state index contributed by atoms with van der Waals surface area (Å²) in [6.07, 6.45) is -2.86. The third-order valence-electron chi connectivity index (χ3n) is 4.79. The van der Waals surface area contributed by atoms with Crippen molar-refractivity contribution in [2.75, 3.05) is 32.7 Å². The molecule has 1 saturated heterocycles. The molecule has 160 valence electrons. The molecular formula is C20H32F3IN4. The zero-order valence-corrected chi connectivity index (χ0v) is 19.0. The highest BCUT2D eigenvalue weighted by Crippen LogP contribution is 2.20. The Morgan fingerprint density at radius 1 is 1.14 bits per heavy atom. The van der Waals surface area contributed by atoms with Gasteiger partial charge >= 0.3 is 6.18 Å². The van der Waals surface area contributed by atoms with E-state index in [1.165, 1.54) is 11.1 Å². The van der Waals surface area contributed by atoms with Gasteiger partial charge in [0.05, 0.1) is 6.42 Å². The van der Waals surface area contributed by atoms with Crippen molar-refractivity contribution in [3.63, 3.8) is 0 Å². The van der Waals surface area contributed by atoms with Gasteiger partial charge < -0.3 is 10.6 Å². The summed E-state index contributed by atoms with van der Waals surface area (Å²) in [4.78, 5) is 6.94. The number of nitrogens with one attached hydrogen (secondary N) is 2. The molecule has 0 radical (unpaired) electrons. The molecule has 1 heterocycles. The minimum atomic E-state index is -4.14. The summed E-state index contributed by atoms with van der Waals surface area (Å²) in [6, 6.07) is 8.65. The number of piperidine rings is 1. The highest BCUT2D eigenvalue weighted by molar-refractivity contribution is 14.0. The average Bonchev–Trinajstić information content (AvgIpc) is 2.62. The summed E-state index contributed by atoms with van der Waals surface area (Å²) in [5, 5.41) is 5.79. The summed E-state index contributed by atoms with van der Waals surface area (Å²) in [6.45, 7) is 8.17. The van der Waals surface area contributed by atoms with E-state index in [1.54, 1.807) is 0 Å². The molecule has 4 nitrogen and oxygen atoms in total. The number of benzene rings is 1. The Bertz CT molecular complexity index is 582. The molecule has 2 rings (SSSR count). The average molecular weight is 512 g/mol. The van der Waals surface area contributed by atoms with E-state index in [0.717, 1.165) is 32.5 Å². The zero-order valence-electron chi connectivity index (χ0n) is 16.7. The zero-order chi connectivity index (χ0) is 19.7. The van der Waals surface area contributed by atoms with Crippen molar-refractivity contribution < 1.29 is 13.2 Å². The second kappa shape index (κ2) is 12.5. The molecular weight excluding hydrogens is 480 g/mol. The van der Waals surface area contributed by atoms with Crippen LogP contribution in [0.25, 0.3) is 0 Å². The summed E-state index contributed by atoms with van der Waals surface area (Å²) >= 11 is 0. The molecule has 0 aromatic heterocycles. The third kappa shape index (κ3) is 9.95. The first-order valence-electron chi connectivity index (χ1n) is 9.72. The molecule has 0 saturated carbocycles. The van der Waals surface area contributed by atoms with Gasteiger partial charge in [-0.25, -0.2) is 0 Å². The molecule has 1 aromatic carbocycles. The Morgan fingerprint density at radius 2 is 1.79 bits per heavy atom. The maximum absolute atomic E-state index is 12.3. The van der Waals surface area contributed by atoms with E-state index in [-0.39, 0.29) is 30.5 Å². The molecule has 0 aliphatic carbocycles. The molecule has 8 heteroatoms. The smallest absolute Gasteiger partial charge is 0.357 e. The lowest BCUT2D eigenvalue weighted by molar-refractivity contribution is -0.132. The first kappa shape index (κ1) is 25.0. The van der Waals surface area contributed by atoms with Crippen LogP contribution in [0.1, 0.15) is 37.3 Å². The van der Waals surface area contributed by atoms with Gasteiger partial charge in [0.2, 0.25) is 0 Å². The quantitative estimate of drug-likeness (QED) is 0.325. The fourth-order valence-corrected chi connectivity index (χ4v) is 3.16. The Hall–Kier alpha value is -1.03. The Balaban J connectivity index is 0.00000392. The molecule has 0 spiro atoms. The number of rotatable bonds is 7. The lowest BCUT2D eigenvalue weighted by Gasteiger charge is -2.31. The van der Waals surface area contributed by atoms with Crippen molar-refractivity contribution in [3.8, 4) is 0 Å². The SMILES string of the molecule is CCNC(=NCC1CCN(Cc2ccc(C)cc2)CC1)NCCC(F)(F)F.I. The molecule has 1 aromatic rings. The number of aliphatic imine (C=N–C) groups is 1. The summed E-state index contributed by atoms with van der Waals surface area (Å²) in [5.74, 6) is 0.959. The molecule has 0 bridgehead atoms. The van der Waals surface area contributed by atoms with Gasteiger partial charge in [0.25, 0.3) is 0 Å². The van der Waals surface area contributed by atoms with Crippen LogP contribution in [0.15, 0.2) is 29.3 Å². The van der Waals surface area contributed by atoms with Crippen molar-refractivity contribution in [3.05, 3.63) is 35.4 Å². The van der Waals surface area contributed by atoms with E-state index in [1.807, 2.05) is 6.92 Å². The molecule has 1 fully saturated rings. The van der Waals surface area contributed by atoms with E-state index < -0.39 is 12.6 Å².